The van der Waals surface area contributed by atoms with E-state index in [2.05, 4.69) is 38.4 Å². The molecule has 5 nitrogen and oxygen atoms in total. The predicted molar refractivity (Wildman–Crippen MR) is 121 cm³/mol. The normalized spacial score (nSPS) is 11.1. The Balaban J connectivity index is 1.63. The van der Waals surface area contributed by atoms with Gasteiger partial charge < -0.3 is 14.2 Å². The van der Waals surface area contributed by atoms with Crippen molar-refractivity contribution in [2.24, 2.45) is 0 Å². The van der Waals surface area contributed by atoms with Crippen LogP contribution in [-0.4, -0.2) is 25.2 Å². The highest BCUT2D eigenvalue weighted by atomic mass is 16.4. The zero-order valence-corrected chi connectivity index (χ0v) is 16.8. The molecular weight excluding hydrogens is 386 g/mol. The number of nitrogens with zero attached hydrogens (tertiary/aromatic N) is 3. The fourth-order valence-electron chi connectivity index (χ4n) is 3.96. The summed E-state index contributed by atoms with van der Waals surface area (Å²) in [6, 6.07) is 28.0. The van der Waals surface area contributed by atoms with Crippen molar-refractivity contribution in [1.82, 2.24) is 14.1 Å². The Kier molecular flexibility index (Phi) is 4.84. The number of aromatic carboxylic acids is 1. The summed E-state index contributed by atoms with van der Waals surface area (Å²) in [5.74, 6) is -1.03. The summed E-state index contributed by atoms with van der Waals surface area (Å²) in [4.78, 5) is 16.4. The minimum atomic E-state index is -1.03. The second kappa shape index (κ2) is 7.95. The lowest BCUT2D eigenvalue weighted by Crippen LogP contribution is -2.06. The molecule has 0 aliphatic rings. The van der Waals surface area contributed by atoms with Gasteiger partial charge in [0.2, 0.25) is 0 Å². The molecule has 0 radical (unpaired) electrons. The molecule has 5 rings (SSSR count). The van der Waals surface area contributed by atoms with E-state index in [0.29, 0.717) is 18.8 Å². The monoisotopic (exact) mass is 407 g/mol. The zero-order chi connectivity index (χ0) is 21.2. The maximum Gasteiger partial charge on any atom is 0.354 e. The van der Waals surface area contributed by atoms with Gasteiger partial charge in [-0.1, -0.05) is 60.7 Å². The van der Waals surface area contributed by atoms with Gasteiger partial charge in [-0.25, -0.2) is 9.78 Å². The Morgan fingerprint density at radius 3 is 2.06 bits per heavy atom. The summed E-state index contributed by atoms with van der Waals surface area (Å²) in [5, 5.41) is 10.6. The highest BCUT2D eigenvalue weighted by molar-refractivity contribution is 5.98. The fourth-order valence-corrected chi connectivity index (χ4v) is 3.96. The third-order valence-electron chi connectivity index (χ3n) is 5.45. The molecule has 5 aromatic rings. The molecule has 0 saturated carbocycles. The van der Waals surface area contributed by atoms with E-state index >= 15 is 0 Å². The van der Waals surface area contributed by atoms with Crippen molar-refractivity contribution in [3.63, 3.8) is 0 Å². The average Bonchev–Trinajstić information content (AvgIpc) is 3.42. The van der Waals surface area contributed by atoms with Crippen LogP contribution in [0.5, 0.6) is 0 Å². The number of carboxylic acids is 1. The van der Waals surface area contributed by atoms with E-state index in [1.165, 1.54) is 5.56 Å². The molecule has 0 bridgehead atoms. The van der Waals surface area contributed by atoms with Crippen molar-refractivity contribution in [3.05, 3.63) is 114 Å². The predicted octanol–water partition coefficient (Wildman–Crippen LogP) is 5.30. The molecule has 3 heterocycles. The second-order valence-corrected chi connectivity index (χ2v) is 7.53. The van der Waals surface area contributed by atoms with Gasteiger partial charge >= 0.3 is 5.97 Å². The SMILES string of the molecule is O=C(O)c1cc2c(ccn2Cc2ccccc2)c(-c2cccn2Cc2ccccc2)n1. The van der Waals surface area contributed by atoms with Crippen LogP contribution in [-0.2, 0) is 13.1 Å². The van der Waals surface area contributed by atoms with Gasteiger partial charge in [-0.15, -0.1) is 0 Å². The van der Waals surface area contributed by atoms with E-state index in [-0.39, 0.29) is 5.69 Å². The van der Waals surface area contributed by atoms with E-state index in [1.54, 1.807) is 6.07 Å². The Bertz CT molecular complexity index is 1350. The van der Waals surface area contributed by atoms with Crippen LogP contribution in [0.2, 0.25) is 0 Å². The van der Waals surface area contributed by atoms with E-state index < -0.39 is 5.97 Å². The van der Waals surface area contributed by atoms with Crippen LogP contribution < -0.4 is 0 Å². The molecule has 0 saturated heterocycles. The zero-order valence-electron chi connectivity index (χ0n) is 16.8. The average molecular weight is 407 g/mol. The molecule has 0 atom stereocenters. The number of carbonyl (C=O) groups is 1. The van der Waals surface area contributed by atoms with Gasteiger partial charge in [0, 0.05) is 30.9 Å². The van der Waals surface area contributed by atoms with Crippen LogP contribution in [0.1, 0.15) is 21.6 Å². The van der Waals surface area contributed by atoms with Crippen LogP contribution in [0.3, 0.4) is 0 Å². The summed E-state index contributed by atoms with van der Waals surface area (Å²) < 4.78 is 4.18. The highest BCUT2D eigenvalue weighted by Crippen LogP contribution is 2.30. The number of fused-ring (bicyclic) bond motifs is 1. The molecule has 0 aliphatic heterocycles. The van der Waals surface area contributed by atoms with E-state index in [4.69, 9.17) is 0 Å². The molecule has 2 aromatic carbocycles. The molecule has 0 spiro atoms. The minimum absolute atomic E-state index is 0.0444. The number of carboxylic acid groups (broad SMARTS) is 1. The van der Waals surface area contributed by atoms with E-state index in [0.717, 1.165) is 22.2 Å². The lowest BCUT2D eigenvalue weighted by molar-refractivity contribution is 0.0691. The van der Waals surface area contributed by atoms with Crippen LogP contribution in [0.4, 0.5) is 0 Å². The van der Waals surface area contributed by atoms with E-state index in [1.807, 2.05) is 67.0 Å². The maximum atomic E-state index is 11.9. The molecule has 0 unspecified atom stereocenters. The van der Waals surface area contributed by atoms with Crippen LogP contribution in [0.25, 0.3) is 22.3 Å². The number of aromatic nitrogens is 3. The first kappa shape index (κ1) is 18.9. The second-order valence-electron chi connectivity index (χ2n) is 7.53. The van der Waals surface area contributed by atoms with Crippen LogP contribution in [0.15, 0.2) is 97.3 Å². The first-order chi connectivity index (χ1) is 15.2. The first-order valence-electron chi connectivity index (χ1n) is 10.2. The summed E-state index contributed by atoms with van der Waals surface area (Å²) in [5.41, 5.74) is 4.81. The number of pyridine rings is 1. The smallest absolute Gasteiger partial charge is 0.354 e. The Morgan fingerprint density at radius 1 is 0.774 bits per heavy atom. The minimum Gasteiger partial charge on any atom is -0.477 e. The third kappa shape index (κ3) is 3.73. The number of rotatable bonds is 6. The summed E-state index contributed by atoms with van der Waals surface area (Å²) in [6.07, 6.45) is 4.00. The molecular formula is C26H21N3O2. The van der Waals surface area contributed by atoms with Gasteiger partial charge in [0.15, 0.2) is 5.69 Å². The van der Waals surface area contributed by atoms with Crippen molar-refractivity contribution in [2.45, 2.75) is 13.1 Å². The Hall–Kier alpha value is -4.12. The first-order valence-corrected chi connectivity index (χ1v) is 10.2. The molecule has 0 aliphatic carbocycles. The summed E-state index contributed by atoms with van der Waals surface area (Å²) >= 11 is 0. The topological polar surface area (TPSA) is 60.0 Å². The van der Waals surface area contributed by atoms with Gasteiger partial charge in [-0.05, 0) is 35.4 Å². The number of hydrogen-bond donors (Lipinski definition) is 1. The van der Waals surface area contributed by atoms with Crippen molar-refractivity contribution in [1.29, 1.82) is 0 Å². The van der Waals surface area contributed by atoms with Crippen molar-refractivity contribution in [3.8, 4) is 11.4 Å². The largest absolute Gasteiger partial charge is 0.477 e. The van der Waals surface area contributed by atoms with Crippen molar-refractivity contribution >= 4 is 16.9 Å². The lowest BCUT2D eigenvalue weighted by Gasteiger charge is -2.12. The van der Waals surface area contributed by atoms with Gasteiger partial charge in [0.1, 0.15) is 0 Å². The van der Waals surface area contributed by atoms with Gasteiger partial charge in [0.25, 0.3) is 0 Å². The van der Waals surface area contributed by atoms with Gasteiger partial charge in [0.05, 0.1) is 16.9 Å². The van der Waals surface area contributed by atoms with Crippen molar-refractivity contribution in [2.75, 3.05) is 0 Å². The molecule has 5 heteroatoms. The van der Waals surface area contributed by atoms with Crippen molar-refractivity contribution < 1.29 is 9.90 Å². The van der Waals surface area contributed by atoms with Gasteiger partial charge in [-0.3, -0.25) is 0 Å². The maximum absolute atomic E-state index is 11.9. The Labute approximate surface area is 179 Å². The highest BCUT2D eigenvalue weighted by Gasteiger charge is 2.17. The molecule has 0 amide bonds. The molecule has 1 N–H and O–H groups in total. The number of benzene rings is 2. The van der Waals surface area contributed by atoms with Crippen LogP contribution in [0, 0.1) is 0 Å². The quantitative estimate of drug-likeness (QED) is 0.415. The molecule has 31 heavy (non-hydrogen) atoms. The molecule has 152 valence electrons. The Morgan fingerprint density at radius 2 is 1.42 bits per heavy atom. The molecule has 3 aromatic heterocycles. The summed E-state index contributed by atoms with van der Waals surface area (Å²) in [6.45, 7) is 1.35. The van der Waals surface area contributed by atoms with E-state index in [9.17, 15) is 9.90 Å². The summed E-state index contributed by atoms with van der Waals surface area (Å²) in [7, 11) is 0. The van der Waals surface area contributed by atoms with Gasteiger partial charge in [-0.2, -0.15) is 0 Å². The van der Waals surface area contributed by atoms with Crippen LogP contribution >= 0.6 is 0 Å². The fraction of sp³-hybridized carbons (Fsp3) is 0.0769. The number of hydrogen-bond acceptors (Lipinski definition) is 2. The standard InChI is InChI=1S/C26H21N3O2/c30-26(31)22-16-24-21(13-15-29(24)18-20-10-5-2-6-11-20)25(27-22)23-12-7-14-28(23)17-19-8-3-1-4-9-19/h1-16H,17-18H2,(H,30,31). The lowest BCUT2D eigenvalue weighted by atomic mass is 10.1. The molecule has 0 fully saturated rings. The third-order valence-corrected chi connectivity index (χ3v) is 5.45.